The Balaban J connectivity index is 1.41. The summed E-state index contributed by atoms with van der Waals surface area (Å²) in [6.07, 6.45) is 2.45. The fourth-order valence-corrected chi connectivity index (χ4v) is 3.56. The summed E-state index contributed by atoms with van der Waals surface area (Å²) in [5.74, 6) is 0.947. The van der Waals surface area contributed by atoms with E-state index in [0.717, 1.165) is 17.7 Å². The Hall–Kier alpha value is -2.11. The number of amides is 1. The monoisotopic (exact) mass is 344 g/mol. The Kier molecular flexibility index (Phi) is 3.67. The number of anilines is 1. The van der Waals surface area contributed by atoms with E-state index in [4.69, 9.17) is 16.0 Å². The summed E-state index contributed by atoms with van der Waals surface area (Å²) in [7, 11) is 0. The van der Waals surface area contributed by atoms with Gasteiger partial charge in [0, 0.05) is 16.3 Å². The molecule has 1 saturated carbocycles. The molecule has 1 N–H and O–H groups in total. The first-order valence-corrected chi connectivity index (χ1v) is 8.52. The fourth-order valence-electron chi connectivity index (χ4n) is 2.66. The van der Waals surface area contributed by atoms with Gasteiger partial charge in [-0.1, -0.05) is 23.7 Å². The van der Waals surface area contributed by atoms with Crippen molar-refractivity contribution in [2.75, 3.05) is 5.32 Å². The van der Waals surface area contributed by atoms with Gasteiger partial charge in [-0.15, -0.1) is 11.3 Å². The second kappa shape index (κ2) is 5.83. The van der Waals surface area contributed by atoms with Crippen molar-refractivity contribution in [2.24, 2.45) is 5.92 Å². The predicted octanol–water partition coefficient (Wildman–Crippen LogP) is 4.80. The molecule has 2 aromatic heterocycles. The van der Waals surface area contributed by atoms with Crippen molar-refractivity contribution < 1.29 is 9.21 Å². The van der Waals surface area contributed by atoms with Crippen LogP contribution in [-0.2, 0) is 4.79 Å². The van der Waals surface area contributed by atoms with E-state index in [2.05, 4.69) is 10.3 Å². The van der Waals surface area contributed by atoms with Crippen LogP contribution < -0.4 is 5.32 Å². The number of hydrogen-bond donors (Lipinski definition) is 1. The standard InChI is InChI=1S/C17H13ClN2O2S/c18-11-4-1-3-10(7-11)12-8-13(12)16(21)20-17-19-14(9-23-17)15-5-2-6-22-15/h1-7,9,12-13H,8H2,(H,19,20,21). The number of halogens is 1. The number of rotatable bonds is 4. The number of carbonyl (C=O) groups excluding carboxylic acids is 1. The largest absolute Gasteiger partial charge is 0.463 e. The van der Waals surface area contributed by atoms with Crippen LogP contribution in [0.4, 0.5) is 5.13 Å². The van der Waals surface area contributed by atoms with Gasteiger partial charge in [-0.25, -0.2) is 4.98 Å². The summed E-state index contributed by atoms with van der Waals surface area (Å²) in [6, 6.07) is 11.4. The second-order valence-electron chi connectivity index (χ2n) is 5.51. The Morgan fingerprint density at radius 3 is 3.04 bits per heavy atom. The minimum absolute atomic E-state index is 0.00956. The van der Waals surface area contributed by atoms with E-state index >= 15 is 0 Å². The number of thiazole rings is 1. The van der Waals surface area contributed by atoms with E-state index < -0.39 is 0 Å². The summed E-state index contributed by atoms with van der Waals surface area (Å²) >= 11 is 7.40. The smallest absolute Gasteiger partial charge is 0.229 e. The average molecular weight is 345 g/mol. The van der Waals surface area contributed by atoms with Crippen molar-refractivity contribution in [1.29, 1.82) is 0 Å². The zero-order valence-electron chi connectivity index (χ0n) is 12.0. The third-order valence-corrected chi connectivity index (χ3v) is 4.90. The highest BCUT2D eigenvalue weighted by Gasteiger charge is 2.44. The first kappa shape index (κ1) is 14.5. The maximum absolute atomic E-state index is 12.3. The molecule has 0 spiro atoms. The lowest BCUT2D eigenvalue weighted by atomic mass is 10.1. The van der Waals surface area contributed by atoms with Crippen LogP contribution in [0.5, 0.6) is 0 Å². The molecule has 2 heterocycles. The van der Waals surface area contributed by atoms with Crippen LogP contribution in [0.3, 0.4) is 0 Å². The SMILES string of the molecule is O=C(Nc1nc(-c2ccco2)cs1)C1CC1c1cccc(Cl)c1. The number of benzene rings is 1. The lowest BCUT2D eigenvalue weighted by Gasteiger charge is -2.02. The Labute approximate surface area is 142 Å². The lowest BCUT2D eigenvalue weighted by molar-refractivity contribution is -0.117. The minimum Gasteiger partial charge on any atom is -0.463 e. The highest BCUT2D eigenvalue weighted by molar-refractivity contribution is 7.14. The summed E-state index contributed by atoms with van der Waals surface area (Å²) in [5, 5.41) is 6.07. The van der Waals surface area contributed by atoms with Crippen LogP contribution in [0, 0.1) is 5.92 Å². The maximum Gasteiger partial charge on any atom is 0.229 e. The van der Waals surface area contributed by atoms with E-state index in [1.54, 1.807) is 6.26 Å². The van der Waals surface area contributed by atoms with Crippen molar-refractivity contribution >= 4 is 34.0 Å². The molecule has 23 heavy (non-hydrogen) atoms. The summed E-state index contributed by atoms with van der Waals surface area (Å²) < 4.78 is 5.30. The molecule has 0 saturated heterocycles. The van der Waals surface area contributed by atoms with Crippen LogP contribution in [0.15, 0.2) is 52.5 Å². The summed E-state index contributed by atoms with van der Waals surface area (Å²) in [6.45, 7) is 0. The van der Waals surface area contributed by atoms with E-state index in [1.165, 1.54) is 11.3 Å². The zero-order valence-corrected chi connectivity index (χ0v) is 13.6. The normalized spacial score (nSPS) is 19.5. The molecule has 0 radical (unpaired) electrons. The molecule has 2 unspecified atom stereocenters. The first-order chi connectivity index (χ1) is 11.2. The van der Waals surface area contributed by atoms with E-state index in [0.29, 0.717) is 15.9 Å². The average Bonchev–Trinajstić information content (AvgIpc) is 2.94. The van der Waals surface area contributed by atoms with Gasteiger partial charge in [0.05, 0.1) is 6.26 Å². The third-order valence-electron chi connectivity index (χ3n) is 3.91. The number of nitrogens with zero attached hydrogens (tertiary/aromatic N) is 1. The highest BCUT2D eigenvalue weighted by Crippen LogP contribution is 2.48. The van der Waals surface area contributed by atoms with Crippen molar-refractivity contribution in [3.63, 3.8) is 0 Å². The highest BCUT2D eigenvalue weighted by atomic mass is 35.5. The maximum atomic E-state index is 12.3. The molecular weight excluding hydrogens is 332 g/mol. The van der Waals surface area contributed by atoms with Crippen LogP contribution in [-0.4, -0.2) is 10.9 Å². The molecule has 0 aliphatic heterocycles. The number of nitrogens with one attached hydrogen (secondary N) is 1. The minimum atomic E-state index is -0.00979. The topological polar surface area (TPSA) is 55.1 Å². The van der Waals surface area contributed by atoms with Gasteiger partial charge in [0.1, 0.15) is 5.69 Å². The van der Waals surface area contributed by atoms with Gasteiger partial charge in [-0.2, -0.15) is 0 Å². The predicted molar refractivity (Wildman–Crippen MR) is 90.7 cm³/mol. The molecule has 4 nitrogen and oxygen atoms in total. The molecule has 1 aromatic carbocycles. The molecule has 1 amide bonds. The molecule has 1 aliphatic rings. The van der Waals surface area contributed by atoms with Crippen molar-refractivity contribution in [1.82, 2.24) is 4.98 Å². The molecule has 2 atom stereocenters. The van der Waals surface area contributed by atoms with E-state index in [1.807, 2.05) is 41.8 Å². The summed E-state index contributed by atoms with van der Waals surface area (Å²) in [5.41, 5.74) is 1.85. The van der Waals surface area contributed by atoms with Gasteiger partial charge in [-0.05, 0) is 42.2 Å². The molecular formula is C17H13ClN2O2S. The van der Waals surface area contributed by atoms with Crippen LogP contribution in [0.1, 0.15) is 17.9 Å². The molecule has 1 fully saturated rings. The summed E-state index contributed by atoms with van der Waals surface area (Å²) in [4.78, 5) is 16.7. The Morgan fingerprint density at radius 2 is 2.26 bits per heavy atom. The van der Waals surface area contributed by atoms with Crippen LogP contribution >= 0.6 is 22.9 Å². The van der Waals surface area contributed by atoms with Crippen LogP contribution in [0.25, 0.3) is 11.5 Å². The van der Waals surface area contributed by atoms with E-state index in [-0.39, 0.29) is 17.7 Å². The number of aromatic nitrogens is 1. The van der Waals surface area contributed by atoms with Gasteiger partial charge in [-0.3, -0.25) is 4.79 Å². The molecule has 116 valence electrons. The van der Waals surface area contributed by atoms with Crippen molar-refractivity contribution in [3.8, 4) is 11.5 Å². The zero-order chi connectivity index (χ0) is 15.8. The molecule has 3 aromatic rings. The van der Waals surface area contributed by atoms with Gasteiger partial charge in [0.15, 0.2) is 10.9 Å². The quantitative estimate of drug-likeness (QED) is 0.739. The van der Waals surface area contributed by atoms with Crippen LogP contribution in [0.2, 0.25) is 5.02 Å². The van der Waals surface area contributed by atoms with Gasteiger partial charge < -0.3 is 9.73 Å². The number of furan rings is 1. The molecule has 6 heteroatoms. The molecule has 4 rings (SSSR count). The number of carbonyl (C=O) groups is 1. The van der Waals surface area contributed by atoms with Crippen molar-refractivity contribution in [2.45, 2.75) is 12.3 Å². The second-order valence-corrected chi connectivity index (χ2v) is 6.80. The van der Waals surface area contributed by atoms with Gasteiger partial charge >= 0.3 is 0 Å². The lowest BCUT2D eigenvalue weighted by Crippen LogP contribution is -2.14. The van der Waals surface area contributed by atoms with Gasteiger partial charge in [0.25, 0.3) is 0 Å². The molecule has 0 bridgehead atoms. The molecule has 1 aliphatic carbocycles. The number of hydrogen-bond acceptors (Lipinski definition) is 4. The Morgan fingerprint density at radius 1 is 1.35 bits per heavy atom. The Bertz CT molecular complexity index is 844. The fraction of sp³-hybridized carbons (Fsp3) is 0.176. The first-order valence-electron chi connectivity index (χ1n) is 7.26. The van der Waals surface area contributed by atoms with Crippen molar-refractivity contribution in [3.05, 3.63) is 58.6 Å². The van der Waals surface area contributed by atoms with E-state index in [9.17, 15) is 4.79 Å². The van der Waals surface area contributed by atoms with Gasteiger partial charge in [0.2, 0.25) is 5.91 Å². The third kappa shape index (κ3) is 3.02.